The smallest absolute Gasteiger partial charge is 0.130 e. The van der Waals surface area contributed by atoms with Gasteiger partial charge in [0.1, 0.15) is 11.6 Å². The van der Waals surface area contributed by atoms with E-state index in [1.54, 1.807) is 6.21 Å². The lowest BCUT2D eigenvalue weighted by atomic mass is 9.95. The molecule has 0 aromatic heterocycles. The van der Waals surface area contributed by atoms with Gasteiger partial charge in [-0.2, -0.15) is 0 Å². The lowest BCUT2D eigenvalue weighted by molar-refractivity contribution is 0.110. The predicted molar refractivity (Wildman–Crippen MR) is 148 cm³/mol. The van der Waals surface area contributed by atoms with E-state index in [2.05, 4.69) is 26.7 Å². The summed E-state index contributed by atoms with van der Waals surface area (Å²) in [4.78, 5) is 8.89. The molecular weight excluding hydrogens is 470 g/mol. The monoisotopic (exact) mass is 506 g/mol. The van der Waals surface area contributed by atoms with Crippen molar-refractivity contribution in [2.45, 2.75) is 58.8 Å². The highest BCUT2D eigenvalue weighted by Gasteiger charge is 2.30. The molecule has 8 heteroatoms. The predicted octanol–water partition coefficient (Wildman–Crippen LogP) is 5.70. The number of nitrogen functional groups attached to an aromatic ring is 1. The minimum Gasteiger partial charge on any atom is -0.398 e. The summed E-state index contributed by atoms with van der Waals surface area (Å²) in [6.45, 7) is 12.8. The number of nitrogens with two attached hydrogens (primary N) is 1. The lowest BCUT2D eigenvalue weighted by Gasteiger charge is -2.44. The lowest BCUT2D eigenvalue weighted by Crippen LogP contribution is -2.49. The standard InChI is InChI=1S/C29H36F2N6/c1-5-20(14-34-18(2)3)29(33)25-11-22-16-37(19(4)35-28(22)13-27(25)32)24-7-6-10-36(17-24)15-21-8-9-23(30)12-26(21)31/h5,8-9,11-14,18,24,33,35H,4,6-7,10,15-17,32H2,1-3H3/b20-5+,33-29?,34-14-/t24-/m1/s1. The third kappa shape index (κ3) is 6.07. The van der Waals surface area contributed by atoms with Gasteiger partial charge in [-0.25, -0.2) is 8.78 Å². The van der Waals surface area contributed by atoms with Crippen LogP contribution in [0.1, 0.15) is 50.3 Å². The molecule has 2 heterocycles. The largest absolute Gasteiger partial charge is 0.398 e. The van der Waals surface area contributed by atoms with E-state index < -0.39 is 11.6 Å². The van der Waals surface area contributed by atoms with Crippen molar-refractivity contribution >= 4 is 23.3 Å². The van der Waals surface area contributed by atoms with Crippen LogP contribution in [0, 0.1) is 17.0 Å². The van der Waals surface area contributed by atoms with Crippen LogP contribution in [0.2, 0.25) is 0 Å². The van der Waals surface area contributed by atoms with Crippen LogP contribution in [0.25, 0.3) is 0 Å². The first kappa shape index (κ1) is 26.5. The summed E-state index contributed by atoms with van der Waals surface area (Å²) in [6.07, 6.45) is 5.57. The van der Waals surface area contributed by atoms with Crippen LogP contribution in [0.3, 0.4) is 0 Å². The minimum absolute atomic E-state index is 0.141. The molecule has 4 rings (SSSR count). The molecule has 1 saturated heterocycles. The van der Waals surface area contributed by atoms with Crippen molar-refractivity contribution in [3.63, 3.8) is 0 Å². The van der Waals surface area contributed by atoms with E-state index in [1.807, 2.05) is 39.0 Å². The number of hydrogen-bond donors (Lipinski definition) is 3. The van der Waals surface area contributed by atoms with Crippen molar-refractivity contribution < 1.29 is 8.78 Å². The highest BCUT2D eigenvalue weighted by Crippen LogP contribution is 2.34. The van der Waals surface area contributed by atoms with Crippen molar-refractivity contribution in [3.05, 3.63) is 82.7 Å². The topological polar surface area (TPSA) is 80.7 Å². The van der Waals surface area contributed by atoms with Crippen molar-refractivity contribution in [2.24, 2.45) is 4.99 Å². The van der Waals surface area contributed by atoms with E-state index in [1.165, 1.54) is 12.1 Å². The summed E-state index contributed by atoms with van der Waals surface area (Å²) in [7, 11) is 0. The first-order valence-electron chi connectivity index (χ1n) is 12.8. The van der Waals surface area contributed by atoms with Gasteiger partial charge in [-0.3, -0.25) is 15.3 Å². The zero-order valence-corrected chi connectivity index (χ0v) is 21.8. The van der Waals surface area contributed by atoms with Gasteiger partial charge >= 0.3 is 0 Å². The van der Waals surface area contributed by atoms with E-state index >= 15 is 0 Å². The molecule has 37 heavy (non-hydrogen) atoms. The second-order valence-electron chi connectivity index (χ2n) is 10.1. The Morgan fingerprint density at radius 3 is 2.78 bits per heavy atom. The molecule has 0 saturated carbocycles. The third-order valence-electron chi connectivity index (χ3n) is 6.95. The van der Waals surface area contributed by atoms with Gasteiger partial charge in [0.2, 0.25) is 0 Å². The maximum absolute atomic E-state index is 14.2. The van der Waals surface area contributed by atoms with Crippen molar-refractivity contribution in [1.82, 2.24) is 9.80 Å². The molecule has 0 unspecified atom stereocenters. The molecule has 0 spiro atoms. The number of hydrogen-bond acceptors (Lipinski definition) is 6. The summed E-state index contributed by atoms with van der Waals surface area (Å²) in [6, 6.07) is 7.97. The number of allylic oxidation sites excluding steroid dienone is 2. The van der Waals surface area contributed by atoms with Crippen LogP contribution in [-0.2, 0) is 13.1 Å². The Morgan fingerprint density at radius 2 is 2.08 bits per heavy atom. The zero-order valence-electron chi connectivity index (χ0n) is 21.8. The fraction of sp³-hybridized carbons (Fsp3) is 0.379. The van der Waals surface area contributed by atoms with Gasteiger partial charge in [0.15, 0.2) is 0 Å². The van der Waals surface area contributed by atoms with Gasteiger partial charge in [0.25, 0.3) is 0 Å². The molecule has 2 aliphatic heterocycles. The molecule has 2 aliphatic rings. The summed E-state index contributed by atoms with van der Waals surface area (Å²) in [5.74, 6) is -0.270. The molecule has 0 amide bonds. The van der Waals surface area contributed by atoms with E-state index in [9.17, 15) is 8.78 Å². The van der Waals surface area contributed by atoms with Gasteiger partial charge in [-0.05, 0) is 63.9 Å². The van der Waals surface area contributed by atoms with Gasteiger partial charge in [0, 0.05) is 72.1 Å². The maximum Gasteiger partial charge on any atom is 0.130 e. The molecule has 0 bridgehead atoms. The Balaban J connectivity index is 1.52. The Hall–Kier alpha value is -3.52. The normalized spacial score (nSPS) is 18.9. The Labute approximate surface area is 218 Å². The van der Waals surface area contributed by atoms with Crippen LogP contribution in [0.5, 0.6) is 0 Å². The van der Waals surface area contributed by atoms with Crippen LogP contribution >= 0.6 is 0 Å². The fourth-order valence-electron chi connectivity index (χ4n) is 4.97. The molecule has 2 aromatic rings. The van der Waals surface area contributed by atoms with Gasteiger partial charge in [-0.15, -0.1) is 0 Å². The Kier molecular flexibility index (Phi) is 8.07. The molecule has 196 valence electrons. The molecule has 0 aliphatic carbocycles. The number of aliphatic imine (C=N–C) groups is 1. The number of likely N-dealkylation sites (tertiary alicyclic amines) is 1. The van der Waals surface area contributed by atoms with Gasteiger partial charge in [0.05, 0.1) is 11.5 Å². The quantitative estimate of drug-likeness (QED) is 0.332. The summed E-state index contributed by atoms with van der Waals surface area (Å²) in [5.41, 5.74) is 11.1. The second kappa shape index (κ2) is 11.3. The molecule has 1 atom stereocenters. The first-order valence-corrected chi connectivity index (χ1v) is 12.8. The third-order valence-corrected chi connectivity index (χ3v) is 6.95. The number of nitrogens with zero attached hydrogens (tertiary/aromatic N) is 3. The summed E-state index contributed by atoms with van der Waals surface area (Å²) in [5, 5.41) is 12.2. The fourth-order valence-corrected chi connectivity index (χ4v) is 4.97. The number of fused-ring (bicyclic) bond motifs is 1. The van der Waals surface area contributed by atoms with E-state index in [0.717, 1.165) is 54.6 Å². The average molecular weight is 507 g/mol. The number of nitrogens with one attached hydrogen (secondary N) is 2. The van der Waals surface area contributed by atoms with Crippen molar-refractivity contribution in [1.29, 1.82) is 5.41 Å². The van der Waals surface area contributed by atoms with E-state index in [-0.39, 0.29) is 12.1 Å². The summed E-state index contributed by atoms with van der Waals surface area (Å²) >= 11 is 0. The summed E-state index contributed by atoms with van der Waals surface area (Å²) < 4.78 is 27.6. The minimum atomic E-state index is -0.561. The van der Waals surface area contributed by atoms with Crippen molar-refractivity contribution in [2.75, 3.05) is 24.1 Å². The molecular formula is C29H36F2N6. The van der Waals surface area contributed by atoms with Crippen molar-refractivity contribution in [3.8, 4) is 0 Å². The molecule has 2 aromatic carbocycles. The Morgan fingerprint density at radius 1 is 1.30 bits per heavy atom. The molecule has 6 nitrogen and oxygen atoms in total. The average Bonchev–Trinajstić information content (AvgIpc) is 2.85. The van der Waals surface area contributed by atoms with E-state index in [4.69, 9.17) is 11.1 Å². The molecule has 0 radical (unpaired) electrons. The highest BCUT2D eigenvalue weighted by molar-refractivity contribution is 6.24. The van der Waals surface area contributed by atoms with Gasteiger partial charge in [-0.1, -0.05) is 18.7 Å². The number of rotatable bonds is 7. The maximum atomic E-state index is 14.2. The second-order valence-corrected chi connectivity index (χ2v) is 10.1. The van der Waals surface area contributed by atoms with Gasteiger partial charge < -0.3 is 16.0 Å². The van der Waals surface area contributed by atoms with Crippen LogP contribution in [0.4, 0.5) is 20.2 Å². The Bertz CT molecular complexity index is 1250. The van der Waals surface area contributed by atoms with Crippen LogP contribution in [0.15, 0.2) is 59.4 Å². The molecule has 4 N–H and O–H groups in total. The SMILES string of the molecule is C=C1Nc2cc(N)c(C(=N)C(/C=N\C(C)C)=C/C)cc2CN1[C@@H]1CCCN(Cc2ccc(F)cc2F)C1. The first-order chi connectivity index (χ1) is 17.7. The van der Waals surface area contributed by atoms with E-state index in [0.29, 0.717) is 35.6 Å². The zero-order chi connectivity index (χ0) is 26.7. The molecule has 1 fully saturated rings. The number of piperidine rings is 1. The van der Waals surface area contributed by atoms with Crippen LogP contribution in [-0.4, -0.2) is 46.9 Å². The number of anilines is 2. The number of benzene rings is 2. The number of halogens is 2. The highest BCUT2D eigenvalue weighted by atomic mass is 19.1. The van der Waals surface area contributed by atoms with Crippen LogP contribution < -0.4 is 11.1 Å².